The summed E-state index contributed by atoms with van der Waals surface area (Å²) in [7, 11) is 0. The van der Waals surface area contributed by atoms with E-state index < -0.39 is 0 Å². The summed E-state index contributed by atoms with van der Waals surface area (Å²) in [6.07, 6.45) is 10.9. The Bertz CT molecular complexity index is 392. The minimum Gasteiger partial charge on any atom is -0.329 e. The first-order valence-electron chi connectivity index (χ1n) is 7.72. The molecular formula is C16H25N3. The van der Waals surface area contributed by atoms with Crippen molar-refractivity contribution in [3.05, 3.63) is 30.1 Å². The minimum atomic E-state index is 0.380. The van der Waals surface area contributed by atoms with Crippen molar-refractivity contribution >= 4 is 0 Å². The van der Waals surface area contributed by atoms with Crippen molar-refractivity contribution in [1.82, 2.24) is 9.88 Å². The lowest BCUT2D eigenvalue weighted by Gasteiger charge is -2.44. The maximum Gasteiger partial charge on any atom is 0.0471 e. The van der Waals surface area contributed by atoms with Gasteiger partial charge in [0, 0.05) is 31.5 Å². The van der Waals surface area contributed by atoms with Crippen LogP contribution in [0, 0.1) is 11.8 Å². The predicted molar refractivity (Wildman–Crippen MR) is 77.7 cm³/mol. The molecule has 2 aliphatic rings. The number of nitrogens with zero attached hydrogens (tertiary/aromatic N) is 2. The second kappa shape index (κ2) is 6.02. The second-order valence-electron chi connectivity index (χ2n) is 6.12. The largest absolute Gasteiger partial charge is 0.329 e. The summed E-state index contributed by atoms with van der Waals surface area (Å²) >= 11 is 0. The molecule has 2 N–H and O–H groups in total. The fourth-order valence-electron chi connectivity index (χ4n) is 3.99. The molecule has 1 aromatic rings. The highest BCUT2D eigenvalue weighted by molar-refractivity contribution is 5.16. The van der Waals surface area contributed by atoms with Crippen LogP contribution in [0.2, 0.25) is 0 Å². The molecule has 3 rings (SSSR count). The molecule has 19 heavy (non-hydrogen) atoms. The monoisotopic (exact) mass is 259 g/mol. The zero-order valence-electron chi connectivity index (χ0n) is 11.7. The van der Waals surface area contributed by atoms with Crippen LogP contribution in [-0.2, 0) is 0 Å². The number of hydrogen-bond acceptors (Lipinski definition) is 3. The van der Waals surface area contributed by atoms with Gasteiger partial charge >= 0.3 is 0 Å². The molecule has 3 unspecified atom stereocenters. The number of piperidine rings is 1. The molecule has 2 fully saturated rings. The van der Waals surface area contributed by atoms with Gasteiger partial charge in [-0.1, -0.05) is 19.3 Å². The van der Waals surface area contributed by atoms with Crippen molar-refractivity contribution < 1.29 is 0 Å². The first kappa shape index (κ1) is 13.1. The highest BCUT2D eigenvalue weighted by atomic mass is 15.2. The van der Waals surface area contributed by atoms with Gasteiger partial charge in [0.25, 0.3) is 0 Å². The fourth-order valence-corrected chi connectivity index (χ4v) is 3.99. The number of pyridine rings is 1. The Balaban J connectivity index is 1.70. The molecule has 0 spiro atoms. The molecule has 2 heterocycles. The smallest absolute Gasteiger partial charge is 0.0471 e. The average Bonchev–Trinajstić information content (AvgIpc) is 2.49. The van der Waals surface area contributed by atoms with Gasteiger partial charge in [0.1, 0.15) is 0 Å². The second-order valence-corrected chi connectivity index (χ2v) is 6.12. The van der Waals surface area contributed by atoms with E-state index in [1.807, 2.05) is 12.4 Å². The molecule has 1 aromatic heterocycles. The van der Waals surface area contributed by atoms with Crippen molar-refractivity contribution in [3.63, 3.8) is 0 Å². The summed E-state index contributed by atoms with van der Waals surface area (Å²) in [5, 5.41) is 0. The van der Waals surface area contributed by atoms with Gasteiger partial charge in [-0.2, -0.15) is 0 Å². The van der Waals surface area contributed by atoms with E-state index in [0.717, 1.165) is 11.8 Å². The molecule has 0 radical (unpaired) electrons. The maximum atomic E-state index is 6.04. The van der Waals surface area contributed by atoms with Crippen molar-refractivity contribution in [2.24, 2.45) is 17.6 Å². The van der Waals surface area contributed by atoms with E-state index >= 15 is 0 Å². The maximum absolute atomic E-state index is 6.04. The summed E-state index contributed by atoms with van der Waals surface area (Å²) < 4.78 is 0. The van der Waals surface area contributed by atoms with Gasteiger partial charge in [-0.15, -0.1) is 0 Å². The normalized spacial score (nSPS) is 29.7. The van der Waals surface area contributed by atoms with E-state index in [2.05, 4.69) is 22.0 Å². The van der Waals surface area contributed by atoms with E-state index in [1.54, 1.807) is 0 Å². The number of fused-ring (bicyclic) bond motifs is 1. The Morgan fingerprint density at radius 2 is 1.89 bits per heavy atom. The van der Waals surface area contributed by atoms with Crippen molar-refractivity contribution in [3.8, 4) is 0 Å². The summed E-state index contributed by atoms with van der Waals surface area (Å²) in [4.78, 5) is 6.73. The Morgan fingerprint density at radius 3 is 2.63 bits per heavy atom. The van der Waals surface area contributed by atoms with Crippen LogP contribution in [0.25, 0.3) is 0 Å². The Hall–Kier alpha value is -0.930. The van der Waals surface area contributed by atoms with Crippen LogP contribution >= 0.6 is 0 Å². The van der Waals surface area contributed by atoms with Gasteiger partial charge in [-0.25, -0.2) is 0 Å². The van der Waals surface area contributed by atoms with Gasteiger partial charge in [-0.3, -0.25) is 9.88 Å². The Morgan fingerprint density at radius 1 is 1.16 bits per heavy atom. The van der Waals surface area contributed by atoms with Crippen LogP contribution in [0.1, 0.15) is 43.7 Å². The van der Waals surface area contributed by atoms with E-state index in [4.69, 9.17) is 5.73 Å². The molecule has 1 saturated heterocycles. The Labute approximate surface area is 116 Å². The van der Waals surface area contributed by atoms with E-state index in [1.165, 1.54) is 50.8 Å². The van der Waals surface area contributed by atoms with Crippen molar-refractivity contribution in [1.29, 1.82) is 0 Å². The lowest BCUT2D eigenvalue weighted by molar-refractivity contribution is 0.0586. The van der Waals surface area contributed by atoms with Crippen LogP contribution in [0.15, 0.2) is 24.5 Å². The van der Waals surface area contributed by atoms with Gasteiger partial charge in [0.2, 0.25) is 0 Å². The predicted octanol–water partition coefficient (Wildman–Crippen LogP) is 2.59. The molecule has 1 saturated carbocycles. The van der Waals surface area contributed by atoms with E-state index in [0.29, 0.717) is 12.6 Å². The third-order valence-corrected chi connectivity index (χ3v) is 5.08. The average molecular weight is 259 g/mol. The van der Waals surface area contributed by atoms with Crippen LogP contribution in [-0.4, -0.2) is 29.5 Å². The standard InChI is InChI=1S/C16H25N3/c17-11-16(14-5-8-18-9-6-14)19-10-7-13-3-1-2-4-15(13)12-19/h5-6,8-9,13,15-16H,1-4,7,10-12,17H2. The first-order valence-corrected chi connectivity index (χ1v) is 7.72. The molecule has 0 aromatic carbocycles. The Kier molecular flexibility index (Phi) is 4.14. The van der Waals surface area contributed by atoms with Gasteiger partial charge in [-0.05, 0) is 48.9 Å². The zero-order chi connectivity index (χ0) is 13.1. The van der Waals surface area contributed by atoms with Crippen molar-refractivity contribution in [2.45, 2.75) is 38.1 Å². The van der Waals surface area contributed by atoms with Gasteiger partial charge < -0.3 is 5.73 Å². The fraction of sp³-hybridized carbons (Fsp3) is 0.688. The molecule has 1 aliphatic heterocycles. The number of aromatic nitrogens is 1. The minimum absolute atomic E-state index is 0.380. The summed E-state index contributed by atoms with van der Waals surface area (Å²) in [5.74, 6) is 1.90. The summed E-state index contributed by atoms with van der Waals surface area (Å²) in [6.45, 7) is 3.17. The molecular weight excluding hydrogens is 234 g/mol. The van der Waals surface area contributed by atoms with Gasteiger partial charge in [0.15, 0.2) is 0 Å². The topological polar surface area (TPSA) is 42.1 Å². The van der Waals surface area contributed by atoms with E-state index in [9.17, 15) is 0 Å². The van der Waals surface area contributed by atoms with Crippen LogP contribution in [0.3, 0.4) is 0 Å². The van der Waals surface area contributed by atoms with Gasteiger partial charge in [0.05, 0.1) is 0 Å². The molecule has 3 heteroatoms. The number of nitrogens with two attached hydrogens (primary N) is 1. The first-order chi connectivity index (χ1) is 9.38. The quantitative estimate of drug-likeness (QED) is 0.907. The van der Waals surface area contributed by atoms with Crippen LogP contribution < -0.4 is 5.73 Å². The molecule has 0 amide bonds. The SMILES string of the molecule is NCC(c1ccncc1)N1CCC2CCCCC2C1. The van der Waals surface area contributed by atoms with Crippen molar-refractivity contribution in [2.75, 3.05) is 19.6 Å². The summed E-state index contributed by atoms with van der Waals surface area (Å²) in [6, 6.07) is 4.61. The van der Waals surface area contributed by atoms with E-state index in [-0.39, 0.29) is 0 Å². The lowest BCUT2D eigenvalue weighted by Crippen LogP contribution is -2.45. The number of rotatable bonds is 3. The van der Waals surface area contributed by atoms with Crippen LogP contribution in [0.4, 0.5) is 0 Å². The molecule has 3 nitrogen and oxygen atoms in total. The molecule has 3 atom stereocenters. The van der Waals surface area contributed by atoms with Crippen LogP contribution in [0.5, 0.6) is 0 Å². The highest BCUT2D eigenvalue weighted by Crippen LogP contribution is 2.38. The number of likely N-dealkylation sites (tertiary alicyclic amines) is 1. The lowest BCUT2D eigenvalue weighted by atomic mass is 9.74. The zero-order valence-corrected chi connectivity index (χ0v) is 11.7. The highest BCUT2D eigenvalue weighted by Gasteiger charge is 2.33. The number of hydrogen-bond donors (Lipinski definition) is 1. The molecule has 1 aliphatic carbocycles. The molecule has 0 bridgehead atoms. The third-order valence-electron chi connectivity index (χ3n) is 5.08. The third kappa shape index (κ3) is 2.82. The molecule has 104 valence electrons. The summed E-state index contributed by atoms with van der Waals surface area (Å²) in [5.41, 5.74) is 7.37.